The molecule has 5 nitrogen and oxygen atoms in total. The first kappa shape index (κ1) is 20.6. The zero-order chi connectivity index (χ0) is 18.8. The van der Waals surface area contributed by atoms with Crippen molar-refractivity contribution in [3.8, 4) is 5.75 Å². The minimum absolute atomic E-state index is 0.176. The van der Waals surface area contributed by atoms with E-state index in [9.17, 15) is 9.59 Å². The lowest BCUT2D eigenvalue weighted by Gasteiger charge is -2.19. The number of hydrogen-bond donors (Lipinski definition) is 1. The van der Waals surface area contributed by atoms with Gasteiger partial charge in [0.25, 0.3) is 5.91 Å². The Kier molecular flexibility index (Phi) is 8.81. The van der Waals surface area contributed by atoms with Gasteiger partial charge in [-0.1, -0.05) is 25.7 Å². The van der Waals surface area contributed by atoms with Gasteiger partial charge in [-0.15, -0.1) is 11.8 Å². The maximum atomic E-state index is 12.2. The van der Waals surface area contributed by atoms with E-state index >= 15 is 0 Å². The Labute approximate surface area is 160 Å². The molecule has 1 saturated carbocycles. The predicted octanol–water partition coefficient (Wildman–Crippen LogP) is 3.95. The van der Waals surface area contributed by atoms with Crippen LogP contribution in [0.5, 0.6) is 5.75 Å². The van der Waals surface area contributed by atoms with Crippen LogP contribution in [0.15, 0.2) is 29.2 Å². The second-order valence-electron chi connectivity index (χ2n) is 6.52. The Bertz CT molecular complexity index is 568. The molecule has 0 aromatic heterocycles. The molecule has 1 N–H and O–H groups in total. The van der Waals surface area contributed by atoms with E-state index in [2.05, 4.69) is 5.32 Å². The van der Waals surface area contributed by atoms with Gasteiger partial charge in [-0.2, -0.15) is 0 Å². The number of rotatable bonds is 8. The van der Waals surface area contributed by atoms with Gasteiger partial charge in [0.15, 0.2) is 6.10 Å². The normalized spacial score (nSPS) is 16.4. The Morgan fingerprint density at radius 2 is 1.81 bits per heavy atom. The van der Waals surface area contributed by atoms with E-state index in [4.69, 9.17) is 9.47 Å². The van der Waals surface area contributed by atoms with Gasteiger partial charge in [-0.3, -0.25) is 9.59 Å². The van der Waals surface area contributed by atoms with E-state index in [0.29, 0.717) is 6.61 Å². The van der Waals surface area contributed by atoms with E-state index in [1.165, 1.54) is 24.6 Å². The highest BCUT2D eigenvalue weighted by atomic mass is 32.2. The van der Waals surface area contributed by atoms with Crippen molar-refractivity contribution in [3.05, 3.63) is 24.3 Å². The first-order chi connectivity index (χ1) is 12.6. The van der Waals surface area contributed by atoms with Crippen LogP contribution in [-0.2, 0) is 14.3 Å². The number of benzene rings is 1. The molecule has 0 aliphatic heterocycles. The SMILES string of the molecule is CCOc1ccc(SCC(=O)O[C@@H](C)C(=O)NC2CCCCCC2)cc1. The Morgan fingerprint density at radius 1 is 1.15 bits per heavy atom. The lowest BCUT2D eigenvalue weighted by molar-refractivity contribution is -0.152. The summed E-state index contributed by atoms with van der Waals surface area (Å²) in [5, 5.41) is 3.02. The molecule has 1 fully saturated rings. The second kappa shape index (κ2) is 11.1. The number of nitrogens with one attached hydrogen (secondary N) is 1. The summed E-state index contributed by atoms with van der Waals surface area (Å²) in [7, 11) is 0. The summed E-state index contributed by atoms with van der Waals surface area (Å²) >= 11 is 1.39. The van der Waals surface area contributed by atoms with Gasteiger partial charge < -0.3 is 14.8 Å². The third-order valence-corrected chi connectivity index (χ3v) is 5.36. The van der Waals surface area contributed by atoms with Crippen LogP contribution in [0.4, 0.5) is 0 Å². The minimum atomic E-state index is -0.758. The quantitative estimate of drug-likeness (QED) is 0.421. The van der Waals surface area contributed by atoms with Crippen LogP contribution in [0, 0.1) is 0 Å². The van der Waals surface area contributed by atoms with Crippen LogP contribution in [0.1, 0.15) is 52.4 Å². The summed E-state index contributed by atoms with van der Waals surface area (Å²) in [5.41, 5.74) is 0. The number of hydrogen-bond acceptors (Lipinski definition) is 5. The summed E-state index contributed by atoms with van der Waals surface area (Å²) < 4.78 is 10.7. The lowest BCUT2D eigenvalue weighted by Crippen LogP contribution is -2.42. The average Bonchev–Trinajstić information content (AvgIpc) is 2.90. The fraction of sp³-hybridized carbons (Fsp3) is 0.600. The van der Waals surface area contributed by atoms with E-state index in [1.807, 2.05) is 31.2 Å². The topological polar surface area (TPSA) is 64.6 Å². The molecule has 0 saturated heterocycles. The van der Waals surface area contributed by atoms with Gasteiger partial charge in [-0.05, 0) is 51.0 Å². The number of carbonyl (C=O) groups excluding carboxylic acids is 2. The smallest absolute Gasteiger partial charge is 0.317 e. The molecule has 2 rings (SSSR count). The summed E-state index contributed by atoms with van der Waals surface area (Å²) in [6.45, 7) is 4.19. The standard InChI is InChI=1S/C20H29NO4S/c1-3-24-17-10-12-18(13-11-17)26-14-19(22)25-15(2)20(23)21-16-8-6-4-5-7-9-16/h10-13,15-16H,3-9,14H2,1-2H3,(H,21,23)/t15-/m0/s1. The number of carbonyl (C=O) groups is 2. The molecule has 1 atom stereocenters. The maximum absolute atomic E-state index is 12.2. The largest absolute Gasteiger partial charge is 0.494 e. The number of esters is 1. The van der Waals surface area contributed by atoms with Crippen LogP contribution >= 0.6 is 11.8 Å². The van der Waals surface area contributed by atoms with Crippen LogP contribution in [0.2, 0.25) is 0 Å². The van der Waals surface area contributed by atoms with Crippen molar-refractivity contribution in [1.29, 1.82) is 0 Å². The van der Waals surface area contributed by atoms with Crippen molar-refractivity contribution in [1.82, 2.24) is 5.32 Å². The molecule has 6 heteroatoms. The van der Waals surface area contributed by atoms with E-state index in [0.717, 1.165) is 36.3 Å². The monoisotopic (exact) mass is 379 g/mol. The number of thioether (sulfide) groups is 1. The summed E-state index contributed by atoms with van der Waals surface area (Å²) in [6.07, 6.45) is 6.04. The summed E-state index contributed by atoms with van der Waals surface area (Å²) in [4.78, 5) is 25.2. The highest BCUT2D eigenvalue weighted by Gasteiger charge is 2.21. The van der Waals surface area contributed by atoms with E-state index in [-0.39, 0.29) is 23.7 Å². The fourth-order valence-corrected chi connectivity index (χ4v) is 3.65. The molecule has 144 valence electrons. The summed E-state index contributed by atoms with van der Waals surface area (Å²) in [5.74, 6) is 0.404. The first-order valence-corrected chi connectivity index (χ1v) is 10.4. The maximum Gasteiger partial charge on any atom is 0.317 e. The van der Waals surface area contributed by atoms with E-state index < -0.39 is 6.10 Å². The third kappa shape index (κ3) is 7.28. The third-order valence-electron chi connectivity index (χ3n) is 4.37. The first-order valence-electron chi connectivity index (χ1n) is 9.44. The van der Waals surface area contributed by atoms with Crippen molar-refractivity contribution >= 4 is 23.6 Å². The molecule has 0 spiro atoms. The van der Waals surface area contributed by atoms with Gasteiger partial charge in [0.05, 0.1) is 12.4 Å². The van der Waals surface area contributed by atoms with Gasteiger partial charge in [0.2, 0.25) is 0 Å². The zero-order valence-corrected chi connectivity index (χ0v) is 16.5. The molecule has 1 aliphatic carbocycles. The van der Waals surface area contributed by atoms with E-state index in [1.54, 1.807) is 6.92 Å². The molecule has 0 unspecified atom stereocenters. The Morgan fingerprint density at radius 3 is 2.42 bits per heavy atom. The number of ether oxygens (including phenoxy) is 2. The van der Waals surface area contributed by atoms with Crippen LogP contribution in [-0.4, -0.2) is 36.4 Å². The molecule has 0 radical (unpaired) electrons. The molecular formula is C20H29NO4S. The predicted molar refractivity (Wildman–Crippen MR) is 104 cm³/mol. The fourth-order valence-electron chi connectivity index (χ4n) is 2.97. The number of amides is 1. The van der Waals surface area contributed by atoms with Crippen LogP contribution in [0.3, 0.4) is 0 Å². The molecule has 0 heterocycles. The van der Waals surface area contributed by atoms with Crippen molar-refractivity contribution < 1.29 is 19.1 Å². The van der Waals surface area contributed by atoms with Gasteiger partial charge in [-0.25, -0.2) is 0 Å². The zero-order valence-electron chi connectivity index (χ0n) is 15.7. The molecule has 1 amide bonds. The van der Waals surface area contributed by atoms with Crippen LogP contribution in [0.25, 0.3) is 0 Å². The Balaban J connectivity index is 1.71. The highest BCUT2D eigenvalue weighted by molar-refractivity contribution is 8.00. The highest BCUT2D eigenvalue weighted by Crippen LogP contribution is 2.22. The molecular weight excluding hydrogens is 350 g/mol. The van der Waals surface area contributed by atoms with Gasteiger partial charge >= 0.3 is 5.97 Å². The molecule has 1 aromatic rings. The minimum Gasteiger partial charge on any atom is -0.494 e. The Hall–Kier alpha value is -1.69. The van der Waals surface area contributed by atoms with Gasteiger partial charge in [0, 0.05) is 10.9 Å². The van der Waals surface area contributed by atoms with Crippen molar-refractivity contribution in [2.24, 2.45) is 0 Å². The van der Waals surface area contributed by atoms with Crippen molar-refractivity contribution in [2.45, 2.75) is 69.4 Å². The molecule has 1 aliphatic rings. The summed E-state index contributed by atoms with van der Waals surface area (Å²) in [6, 6.07) is 7.78. The molecule has 26 heavy (non-hydrogen) atoms. The molecule has 1 aromatic carbocycles. The average molecular weight is 380 g/mol. The van der Waals surface area contributed by atoms with Crippen molar-refractivity contribution in [3.63, 3.8) is 0 Å². The molecule has 0 bridgehead atoms. The lowest BCUT2D eigenvalue weighted by atomic mass is 10.1. The van der Waals surface area contributed by atoms with Crippen molar-refractivity contribution in [2.75, 3.05) is 12.4 Å². The second-order valence-corrected chi connectivity index (χ2v) is 7.57. The van der Waals surface area contributed by atoms with Gasteiger partial charge in [0.1, 0.15) is 5.75 Å². The van der Waals surface area contributed by atoms with Crippen LogP contribution < -0.4 is 10.1 Å².